The summed E-state index contributed by atoms with van der Waals surface area (Å²) in [6, 6.07) is -0.914. The van der Waals surface area contributed by atoms with Gasteiger partial charge in [0, 0.05) is 6.42 Å². The van der Waals surface area contributed by atoms with Crippen LogP contribution in [0.2, 0.25) is 0 Å². The molecule has 14 heteroatoms. The highest BCUT2D eigenvalue weighted by molar-refractivity contribution is 5.76. The molecule has 0 saturated carbocycles. The Morgan fingerprint density at radius 2 is 1.00 bits per heavy atom. The van der Waals surface area contributed by atoms with Gasteiger partial charge in [0.05, 0.1) is 32.0 Å². The highest BCUT2D eigenvalue weighted by Crippen LogP contribution is 2.30. The zero-order valence-corrected chi connectivity index (χ0v) is 40.7. The van der Waals surface area contributed by atoms with Gasteiger partial charge < -0.3 is 65.1 Å². The molecule has 9 N–H and O–H groups in total. The molecule has 2 aliphatic rings. The third-order valence-corrected chi connectivity index (χ3v) is 12.5. The van der Waals surface area contributed by atoms with Gasteiger partial charge in [-0.25, -0.2) is 0 Å². The minimum atomic E-state index is -1.79. The Balaban J connectivity index is 1.71. The molecule has 2 heterocycles. The predicted molar refractivity (Wildman–Crippen MR) is 258 cm³/mol. The van der Waals surface area contributed by atoms with Crippen LogP contribution in [0.4, 0.5) is 0 Å². The maximum atomic E-state index is 13.1. The third kappa shape index (κ3) is 25.5. The fourth-order valence-electron chi connectivity index (χ4n) is 8.24. The van der Waals surface area contributed by atoms with Gasteiger partial charge in [-0.1, -0.05) is 165 Å². The lowest BCUT2D eigenvalue weighted by atomic mass is 9.97. The highest BCUT2D eigenvalue weighted by Gasteiger charge is 2.51. The number of aliphatic hydroxyl groups is 8. The molecule has 0 aromatic heterocycles. The van der Waals surface area contributed by atoms with E-state index in [0.29, 0.717) is 6.42 Å². The van der Waals surface area contributed by atoms with Gasteiger partial charge in [-0.3, -0.25) is 4.79 Å². The van der Waals surface area contributed by atoms with E-state index in [1.807, 2.05) is 6.08 Å². The van der Waals surface area contributed by atoms with E-state index in [1.54, 1.807) is 6.08 Å². The van der Waals surface area contributed by atoms with E-state index >= 15 is 0 Å². The zero-order valence-electron chi connectivity index (χ0n) is 40.7. The molecule has 0 bridgehead atoms. The van der Waals surface area contributed by atoms with Gasteiger partial charge >= 0.3 is 0 Å². The van der Waals surface area contributed by atoms with Crippen LogP contribution in [0.15, 0.2) is 48.6 Å². The van der Waals surface area contributed by atoms with Crippen molar-refractivity contribution in [3.8, 4) is 0 Å². The van der Waals surface area contributed by atoms with E-state index in [2.05, 4.69) is 55.6 Å². The number of hydrogen-bond acceptors (Lipinski definition) is 13. The van der Waals surface area contributed by atoms with Crippen LogP contribution >= 0.6 is 0 Å². The lowest BCUT2D eigenvalue weighted by molar-refractivity contribution is -0.359. The van der Waals surface area contributed by atoms with Crippen molar-refractivity contribution < 1.29 is 64.6 Å². The molecule has 0 aromatic rings. The van der Waals surface area contributed by atoms with Crippen LogP contribution < -0.4 is 5.32 Å². The molecule has 0 spiro atoms. The van der Waals surface area contributed by atoms with Crippen LogP contribution in [0, 0.1) is 0 Å². The topological polar surface area (TPSA) is 228 Å². The molecule has 14 nitrogen and oxygen atoms in total. The number of hydrogen-bond donors (Lipinski definition) is 9. The van der Waals surface area contributed by atoms with E-state index in [1.165, 1.54) is 83.5 Å². The Labute approximate surface area is 397 Å². The molecule has 12 atom stereocenters. The van der Waals surface area contributed by atoms with Gasteiger partial charge in [0.15, 0.2) is 12.6 Å². The van der Waals surface area contributed by atoms with Crippen molar-refractivity contribution in [2.45, 2.75) is 254 Å². The first-order valence-electron chi connectivity index (χ1n) is 25.9. The molecule has 2 fully saturated rings. The van der Waals surface area contributed by atoms with E-state index in [-0.39, 0.29) is 18.9 Å². The van der Waals surface area contributed by atoms with Crippen molar-refractivity contribution in [1.82, 2.24) is 5.32 Å². The number of carbonyl (C=O) groups is 1. The SMILES string of the molecule is CCCCCCC/C=C\C/C=C\C/C=C\CCCCCCCCCCCCC(=O)NC(COC1OC(CO)C(OC2OC(CO)C(O)C(O)C2O)C(O)C1O)C(O)/C=C/CCCCCCC. The average molecular weight is 940 g/mol. The zero-order chi connectivity index (χ0) is 48.2. The number of allylic oxidation sites excluding steroid dienone is 7. The summed E-state index contributed by atoms with van der Waals surface area (Å²) in [7, 11) is 0. The van der Waals surface area contributed by atoms with Crippen LogP contribution in [0.1, 0.15) is 181 Å². The summed E-state index contributed by atoms with van der Waals surface area (Å²) >= 11 is 0. The molecular formula is C52H93NO13. The molecule has 0 radical (unpaired) electrons. The summed E-state index contributed by atoms with van der Waals surface area (Å²) in [4.78, 5) is 13.1. The normalized spacial score (nSPS) is 27.2. The first kappa shape index (κ1) is 60.1. The Bertz CT molecular complexity index is 1290. The molecule has 384 valence electrons. The molecule has 2 rings (SSSR count). The lowest BCUT2D eigenvalue weighted by Gasteiger charge is -2.46. The molecule has 0 aliphatic carbocycles. The number of aliphatic hydroxyl groups excluding tert-OH is 8. The fourth-order valence-corrected chi connectivity index (χ4v) is 8.24. The average Bonchev–Trinajstić information content (AvgIpc) is 3.31. The van der Waals surface area contributed by atoms with Crippen molar-refractivity contribution in [2.75, 3.05) is 19.8 Å². The minimum absolute atomic E-state index is 0.250. The number of ether oxygens (including phenoxy) is 4. The van der Waals surface area contributed by atoms with Crippen LogP contribution in [-0.4, -0.2) is 140 Å². The van der Waals surface area contributed by atoms with Gasteiger partial charge in [0.1, 0.15) is 48.8 Å². The van der Waals surface area contributed by atoms with Crippen LogP contribution in [0.25, 0.3) is 0 Å². The van der Waals surface area contributed by atoms with E-state index in [4.69, 9.17) is 18.9 Å². The monoisotopic (exact) mass is 940 g/mol. The van der Waals surface area contributed by atoms with Gasteiger partial charge in [0.25, 0.3) is 0 Å². The highest BCUT2D eigenvalue weighted by atomic mass is 16.7. The van der Waals surface area contributed by atoms with Gasteiger partial charge in [-0.05, 0) is 57.8 Å². The maximum Gasteiger partial charge on any atom is 0.220 e. The van der Waals surface area contributed by atoms with Crippen molar-refractivity contribution in [3.63, 3.8) is 0 Å². The number of carbonyl (C=O) groups excluding carboxylic acids is 1. The van der Waals surface area contributed by atoms with Crippen LogP contribution in [-0.2, 0) is 23.7 Å². The predicted octanol–water partition coefficient (Wildman–Crippen LogP) is 6.88. The van der Waals surface area contributed by atoms with Crippen LogP contribution in [0.3, 0.4) is 0 Å². The van der Waals surface area contributed by atoms with Gasteiger partial charge in [-0.2, -0.15) is 0 Å². The van der Waals surface area contributed by atoms with Gasteiger partial charge in [0.2, 0.25) is 5.91 Å². The van der Waals surface area contributed by atoms with Crippen molar-refractivity contribution >= 4 is 5.91 Å². The molecule has 12 unspecified atom stereocenters. The Morgan fingerprint density at radius 1 is 0.545 bits per heavy atom. The second-order valence-electron chi connectivity index (χ2n) is 18.3. The number of rotatable bonds is 39. The van der Waals surface area contributed by atoms with Crippen molar-refractivity contribution in [1.29, 1.82) is 0 Å². The maximum absolute atomic E-state index is 13.1. The third-order valence-electron chi connectivity index (χ3n) is 12.5. The minimum Gasteiger partial charge on any atom is -0.394 e. The molecule has 2 aliphatic heterocycles. The largest absolute Gasteiger partial charge is 0.394 e. The standard InChI is InChI=1S/C52H93NO13/c1-3-5-7-9-11-12-13-14-15-16-17-18-19-20-21-22-23-24-25-26-27-28-30-32-34-36-44(57)53-40(41(56)35-33-31-29-10-8-6-4-2)39-63-51-49(62)47(60)50(43(38-55)65-51)66-52-48(61)46(59)45(58)42(37-54)64-52/h13-14,16-17,19-20,33,35,40-43,45-52,54-56,58-62H,3-12,15,18,21-32,34,36-39H2,1-2H3,(H,53,57)/b14-13-,17-16-,20-19-,35-33+. The number of amides is 1. The van der Waals surface area contributed by atoms with Crippen LogP contribution in [0.5, 0.6) is 0 Å². The first-order chi connectivity index (χ1) is 32.1. The Kier molecular flexibility index (Phi) is 35.3. The van der Waals surface area contributed by atoms with Crippen molar-refractivity contribution in [2.24, 2.45) is 0 Å². The van der Waals surface area contributed by atoms with Gasteiger partial charge in [-0.15, -0.1) is 0 Å². The molecular weight excluding hydrogens is 847 g/mol. The Hall–Kier alpha value is -2.05. The molecule has 2 saturated heterocycles. The quantitative estimate of drug-likeness (QED) is 0.0227. The lowest BCUT2D eigenvalue weighted by Crippen LogP contribution is -2.65. The second kappa shape index (κ2) is 38.8. The summed E-state index contributed by atoms with van der Waals surface area (Å²) < 4.78 is 22.6. The molecule has 0 aromatic carbocycles. The second-order valence-corrected chi connectivity index (χ2v) is 18.3. The summed E-state index contributed by atoms with van der Waals surface area (Å²) in [5.74, 6) is -0.250. The first-order valence-corrected chi connectivity index (χ1v) is 25.9. The summed E-state index contributed by atoms with van der Waals surface area (Å²) in [5.41, 5.74) is 0. The van der Waals surface area contributed by atoms with Crippen molar-refractivity contribution in [3.05, 3.63) is 48.6 Å². The number of nitrogens with one attached hydrogen (secondary N) is 1. The van der Waals surface area contributed by atoms with E-state index in [9.17, 15) is 45.6 Å². The van der Waals surface area contributed by atoms with E-state index in [0.717, 1.165) is 70.6 Å². The number of unbranched alkanes of at least 4 members (excludes halogenated alkanes) is 20. The molecule has 1 amide bonds. The summed E-state index contributed by atoms with van der Waals surface area (Å²) in [5, 5.41) is 86.4. The smallest absolute Gasteiger partial charge is 0.220 e. The Morgan fingerprint density at radius 3 is 1.53 bits per heavy atom. The summed E-state index contributed by atoms with van der Waals surface area (Å²) in [6.07, 6.45) is 29.0. The van der Waals surface area contributed by atoms with E-state index < -0.39 is 86.8 Å². The molecule has 66 heavy (non-hydrogen) atoms. The fraction of sp³-hybridized carbons (Fsp3) is 0.827. The summed E-state index contributed by atoms with van der Waals surface area (Å²) in [6.45, 7) is 2.69.